The molecule has 0 atom stereocenters. The molecule has 1 heterocycles. The number of aryl methyl sites for hydroxylation is 2. The monoisotopic (exact) mass is 279 g/mol. The highest BCUT2D eigenvalue weighted by Gasteiger charge is 2.05. The van der Waals surface area contributed by atoms with Crippen molar-refractivity contribution >= 4 is 29.2 Å². The van der Waals surface area contributed by atoms with Crippen LogP contribution in [0.15, 0.2) is 29.4 Å². The maximum absolute atomic E-state index is 6.18. The number of aromatic nitrogens is 2. The molecule has 2 N–H and O–H groups in total. The van der Waals surface area contributed by atoms with Gasteiger partial charge in [-0.2, -0.15) is 0 Å². The Morgan fingerprint density at radius 1 is 1.22 bits per heavy atom. The minimum absolute atomic E-state index is 0.500. The van der Waals surface area contributed by atoms with Gasteiger partial charge in [-0.1, -0.05) is 35.5 Å². The van der Waals surface area contributed by atoms with Crippen LogP contribution in [-0.4, -0.2) is 9.97 Å². The zero-order valence-corrected chi connectivity index (χ0v) is 11.8. The zero-order chi connectivity index (χ0) is 13.1. The van der Waals surface area contributed by atoms with Crippen molar-refractivity contribution in [3.05, 3.63) is 46.1 Å². The third kappa shape index (κ3) is 3.37. The van der Waals surface area contributed by atoms with E-state index in [-0.39, 0.29) is 0 Å². The van der Waals surface area contributed by atoms with E-state index < -0.39 is 0 Å². The largest absolute Gasteiger partial charge is 0.384 e. The van der Waals surface area contributed by atoms with Gasteiger partial charge < -0.3 is 5.73 Å². The Kier molecular flexibility index (Phi) is 4.09. The molecule has 0 spiro atoms. The molecule has 0 aliphatic rings. The average molecular weight is 280 g/mol. The summed E-state index contributed by atoms with van der Waals surface area (Å²) in [5.41, 5.74) is 8.80. The van der Waals surface area contributed by atoms with Crippen LogP contribution in [0.5, 0.6) is 0 Å². The van der Waals surface area contributed by atoms with Crippen LogP contribution in [0, 0.1) is 13.8 Å². The van der Waals surface area contributed by atoms with E-state index in [2.05, 4.69) is 9.97 Å². The average Bonchev–Trinajstić information content (AvgIpc) is 2.26. The molecular weight excluding hydrogens is 266 g/mol. The molecule has 0 saturated heterocycles. The van der Waals surface area contributed by atoms with Crippen LogP contribution in [0.2, 0.25) is 5.02 Å². The summed E-state index contributed by atoms with van der Waals surface area (Å²) in [5.74, 6) is 1.24. The molecule has 2 rings (SSSR count). The Morgan fingerprint density at radius 2 is 2.00 bits per heavy atom. The van der Waals surface area contributed by atoms with Gasteiger partial charge >= 0.3 is 0 Å². The number of nitrogens with zero attached hydrogens (tertiary/aromatic N) is 2. The first kappa shape index (κ1) is 13.2. The fraction of sp³-hybridized carbons (Fsp3) is 0.231. The topological polar surface area (TPSA) is 51.8 Å². The van der Waals surface area contributed by atoms with Crippen LogP contribution in [-0.2, 0) is 5.75 Å². The molecule has 94 valence electrons. The Bertz CT molecular complexity index is 552. The van der Waals surface area contributed by atoms with Crippen LogP contribution >= 0.6 is 23.4 Å². The second kappa shape index (κ2) is 5.59. The van der Waals surface area contributed by atoms with Crippen LogP contribution in [0.1, 0.15) is 16.8 Å². The van der Waals surface area contributed by atoms with E-state index in [1.54, 1.807) is 6.07 Å². The summed E-state index contributed by atoms with van der Waals surface area (Å²) in [6.45, 7) is 3.92. The molecule has 0 aliphatic carbocycles. The first-order chi connectivity index (χ1) is 8.54. The van der Waals surface area contributed by atoms with Crippen molar-refractivity contribution in [1.82, 2.24) is 9.97 Å². The van der Waals surface area contributed by atoms with Crippen molar-refractivity contribution in [3.8, 4) is 0 Å². The number of nitrogen functional groups attached to an aromatic ring is 1. The fourth-order valence-electron chi connectivity index (χ4n) is 1.54. The highest BCUT2D eigenvalue weighted by atomic mass is 35.5. The fourth-order valence-corrected chi connectivity index (χ4v) is 2.84. The van der Waals surface area contributed by atoms with Crippen molar-refractivity contribution in [3.63, 3.8) is 0 Å². The van der Waals surface area contributed by atoms with Crippen LogP contribution in [0.25, 0.3) is 0 Å². The van der Waals surface area contributed by atoms with Crippen molar-refractivity contribution in [2.45, 2.75) is 24.8 Å². The molecule has 1 aromatic carbocycles. The summed E-state index contributed by atoms with van der Waals surface area (Å²) in [4.78, 5) is 8.51. The lowest BCUT2D eigenvalue weighted by molar-refractivity contribution is 0.940. The number of nitrogens with two attached hydrogens (primary N) is 1. The normalized spacial score (nSPS) is 10.6. The minimum Gasteiger partial charge on any atom is -0.384 e. The van der Waals surface area contributed by atoms with E-state index in [4.69, 9.17) is 17.3 Å². The predicted octanol–water partition coefficient (Wildman–Crippen LogP) is 3.62. The third-order valence-corrected chi connectivity index (χ3v) is 3.67. The van der Waals surface area contributed by atoms with E-state index in [1.165, 1.54) is 11.8 Å². The highest BCUT2D eigenvalue weighted by Crippen LogP contribution is 2.25. The second-order valence-electron chi connectivity index (χ2n) is 4.10. The van der Waals surface area contributed by atoms with Gasteiger partial charge in [-0.05, 0) is 31.0 Å². The van der Waals surface area contributed by atoms with E-state index >= 15 is 0 Å². The van der Waals surface area contributed by atoms with Crippen molar-refractivity contribution in [2.75, 3.05) is 5.73 Å². The van der Waals surface area contributed by atoms with Gasteiger partial charge in [0.05, 0.1) is 0 Å². The molecule has 3 nitrogen and oxygen atoms in total. The molecule has 0 saturated carbocycles. The van der Waals surface area contributed by atoms with Crippen molar-refractivity contribution in [1.29, 1.82) is 0 Å². The quantitative estimate of drug-likeness (QED) is 0.689. The van der Waals surface area contributed by atoms with Gasteiger partial charge in [0, 0.05) is 22.5 Å². The van der Waals surface area contributed by atoms with Gasteiger partial charge in [0.25, 0.3) is 0 Å². The van der Waals surface area contributed by atoms with Crippen LogP contribution < -0.4 is 5.73 Å². The molecule has 0 fully saturated rings. The smallest absolute Gasteiger partial charge is 0.190 e. The summed E-state index contributed by atoms with van der Waals surface area (Å²) in [6.07, 6.45) is 0. The molecular formula is C13H14ClN3S. The zero-order valence-electron chi connectivity index (χ0n) is 10.3. The first-order valence-electron chi connectivity index (χ1n) is 5.53. The van der Waals surface area contributed by atoms with E-state index in [1.807, 2.05) is 32.0 Å². The predicted molar refractivity (Wildman–Crippen MR) is 76.9 cm³/mol. The van der Waals surface area contributed by atoms with Gasteiger partial charge in [-0.25, -0.2) is 9.97 Å². The lowest BCUT2D eigenvalue weighted by atomic mass is 10.2. The van der Waals surface area contributed by atoms with Gasteiger partial charge in [0.1, 0.15) is 5.82 Å². The summed E-state index contributed by atoms with van der Waals surface area (Å²) < 4.78 is 0. The van der Waals surface area contributed by atoms with Crippen molar-refractivity contribution in [2.24, 2.45) is 0 Å². The molecule has 0 amide bonds. The van der Waals surface area contributed by atoms with E-state index in [0.717, 1.165) is 27.6 Å². The molecule has 0 radical (unpaired) electrons. The second-order valence-corrected chi connectivity index (χ2v) is 5.45. The van der Waals surface area contributed by atoms with Crippen molar-refractivity contribution < 1.29 is 0 Å². The molecule has 2 aromatic rings. The molecule has 1 aromatic heterocycles. The van der Waals surface area contributed by atoms with E-state index in [9.17, 15) is 0 Å². The highest BCUT2D eigenvalue weighted by molar-refractivity contribution is 7.98. The Balaban J connectivity index is 2.11. The number of thioether (sulfide) groups is 1. The standard InChI is InChI=1S/C13H14ClN3S/c1-8-3-4-10(11(14)5-8)7-18-13-16-9(2)6-12(15)17-13/h3-6H,7H2,1-2H3,(H2,15,16,17). The molecule has 0 unspecified atom stereocenters. The minimum atomic E-state index is 0.500. The van der Waals surface area contributed by atoms with Gasteiger partial charge in [0.2, 0.25) is 0 Å². The molecule has 0 aliphatic heterocycles. The van der Waals surface area contributed by atoms with Crippen LogP contribution in [0.3, 0.4) is 0 Å². The Hall–Kier alpha value is -1.26. The number of hydrogen-bond donors (Lipinski definition) is 1. The Labute approximate surface area is 116 Å². The summed E-state index contributed by atoms with van der Waals surface area (Å²) >= 11 is 7.71. The first-order valence-corrected chi connectivity index (χ1v) is 6.90. The van der Waals surface area contributed by atoms with E-state index in [0.29, 0.717) is 11.0 Å². The lowest BCUT2D eigenvalue weighted by Crippen LogP contribution is -1.96. The third-order valence-electron chi connectivity index (χ3n) is 2.42. The summed E-state index contributed by atoms with van der Waals surface area (Å²) in [5, 5.41) is 1.47. The van der Waals surface area contributed by atoms with Gasteiger partial charge in [0.15, 0.2) is 5.16 Å². The maximum Gasteiger partial charge on any atom is 0.190 e. The van der Waals surface area contributed by atoms with Gasteiger partial charge in [-0.15, -0.1) is 0 Å². The number of hydrogen-bond acceptors (Lipinski definition) is 4. The Morgan fingerprint density at radius 3 is 2.67 bits per heavy atom. The molecule has 0 bridgehead atoms. The number of rotatable bonds is 3. The maximum atomic E-state index is 6.18. The SMILES string of the molecule is Cc1ccc(CSc2nc(C)cc(N)n2)c(Cl)c1. The number of halogens is 1. The summed E-state index contributed by atoms with van der Waals surface area (Å²) in [6, 6.07) is 7.79. The van der Waals surface area contributed by atoms with Crippen LogP contribution in [0.4, 0.5) is 5.82 Å². The summed E-state index contributed by atoms with van der Waals surface area (Å²) in [7, 11) is 0. The molecule has 5 heteroatoms. The molecule has 18 heavy (non-hydrogen) atoms. The van der Waals surface area contributed by atoms with Gasteiger partial charge in [-0.3, -0.25) is 0 Å². The number of benzene rings is 1. The number of anilines is 1. The lowest BCUT2D eigenvalue weighted by Gasteiger charge is -2.05.